The zero-order chi connectivity index (χ0) is 7.94. The van der Waals surface area contributed by atoms with E-state index in [0.29, 0.717) is 0 Å². The van der Waals surface area contributed by atoms with Gasteiger partial charge in [0, 0.05) is 6.08 Å². The van der Waals surface area contributed by atoms with Crippen molar-refractivity contribution in [1.82, 2.24) is 0 Å². The van der Waals surface area contributed by atoms with Crippen LogP contribution in [-0.4, -0.2) is 0 Å². The highest BCUT2D eigenvalue weighted by atomic mass is 14.2. The van der Waals surface area contributed by atoms with Gasteiger partial charge in [0.15, 0.2) is 0 Å². The van der Waals surface area contributed by atoms with Crippen molar-refractivity contribution < 1.29 is 0 Å². The van der Waals surface area contributed by atoms with Gasteiger partial charge in [-0.15, -0.1) is 0 Å². The predicted octanol–water partition coefficient (Wildman–Crippen LogP) is 2.51. The highest BCUT2D eigenvalue weighted by Gasteiger charge is 1.86. The van der Waals surface area contributed by atoms with E-state index in [9.17, 15) is 0 Å². The van der Waals surface area contributed by atoms with Crippen molar-refractivity contribution in [2.45, 2.75) is 6.42 Å². The van der Waals surface area contributed by atoms with Crippen LogP contribution in [0.15, 0.2) is 48.1 Å². The Morgan fingerprint density at radius 1 is 1.45 bits per heavy atom. The Hall–Kier alpha value is -1.55. The Morgan fingerprint density at radius 3 is 3.18 bits per heavy atom. The van der Waals surface area contributed by atoms with Gasteiger partial charge < -0.3 is 0 Å². The van der Waals surface area contributed by atoms with Crippen molar-refractivity contribution in [1.29, 1.82) is 5.26 Å². The third-order valence-electron chi connectivity index (χ3n) is 1.38. The lowest BCUT2D eigenvalue weighted by atomic mass is 10.2. The molecule has 0 aromatic carbocycles. The van der Waals surface area contributed by atoms with E-state index in [1.165, 1.54) is 6.08 Å². The molecule has 0 N–H and O–H groups in total. The molecule has 0 saturated carbocycles. The second-order valence-corrected chi connectivity index (χ2v) is 2.19. The van der Waals surface area contributed by atoms with Crippen molar-refractivity contribution in [3.8, 4) is 6.07 Å². The number of allylic oxidation sites excluding steroid dienone is 8. The summed E-state index contributed by atoms with van der Waals surface area (Å²) >= 11 is 0. The summed E-state index contributed by atoms with van der Waals surface area (Å²) in [6.07, 6.45) is 14.3. The lowest BCUT2D eigenvalue weighted by Crippen LogP contribution is -1.68. The molecule has 0 aromatic rings. The molecule has 0 aromatic heterocycles. The van der Waals surface area contributed by atoms with E-state index in [4.69, 9.17) is 5.26 Å². The SMILES string of the molecule is N#C/C=C/C1=CCC=CC=C1. The van der Waals surface area contributed by atoms with Crippen LogP contribution in [0, 0.1) is 11.3 Å². The van der Waals surface area contributed by atoms with E-state index in [0.717, 1.165) is 12.0 Å². The van der Waals surface area contributed by atoms with Crippen LogP contribution in [0.5, 0.6) is 0 Å². The zero-order valence-electron chi connectivity index (χ0n) is 6.20. The average molecular weight is 143 g/mol. The van der Waals surface area contributed by atoms with Gasteiger partial charge in [0.05, 0.1) is 6.07 Å². The lowest BCUT2D eigenvalue weighted by Gasteiger charge is -1.87. The van der Waals surface area contributed by atoms with E-state index in [1.807, 2.05) is 30.4 Å². The van der Waals surface area contributed by atoms with E-state index >= 15 is 0 Å². The molecule has 1 rings (SSSR count). The molecular formula is C10H9N. The van der Waals surface area contributed by atoms with Crippen LogP contribution in [0.25, 0.3) is 0 Å². The van der Waals surface area contributed by atoms with Gasteiger partial charge in [-0.25, -0.2) is 0 Å². The van der Waals surface area contributed by atoms with Gasteiger partial charge in [0.1, 0.15) is 0 Å². The highest BCUT2D eigenvalue weighted by molar-refractivity contribution is 5.36. The van der Waals surface area contributed by atoms with Crippen molar-refractivity contribution in [3.63, 3.8) is 0 Å². The summed E-state index contributed by atoms with van der Waals surface area (Å²) in [6.45, 7) is 0. The molecule has 54 valence electrons. The first-order valence-electron chi connectivity index (χ1n) is 3.53. The Morgan fingerprint density at radius 2 is 2.36 bits per heavy atom. The molecule has 0 saturated heterocycles. The number of hydrogen-bond donors (Lipinski definition) is 0. The van der Waals surface area contributed by atoms with E-state index in [-0.39, 0.29) is 0 Å². The molecule has 0 heterocycles. The molecule has 0 bridgehead atoms. The molecule has 1 heteroatoms. The van der Waals surface area contributed by atoms with Gasteiger partial charge in [-0.05, 0) is 18.1 Å². The van der Waals surface area contributed by atoms with Crippen LogP contribution in [-0.2, 0) is 0 Å². The minimum absolute atomic E-state index is 0.943. The van der Waals surface area contributed by atoms with Crippen LogP contribution in [0.1, 0.15) is 6.42 Å². The van der Waals surface area contributed by atoms with Crippen LogP contribution in [0.3, 0.4) is 0 Å². The van der Waals surface area contributed by atoms with Gasteiger partial charge in [-0.1, -0.05) is 30.4 Å². The fourth-order valence-electron chi connectivity index (χ4n) is 0.853. The molecule has 0 unspecified atom stereocenters. The quantitative estimate of drug-likeness (QED) is 0.517. The Labute approximate surface area is 66.7 Å². The van der Waals surface area contributed by atoms with E-state index < -0.39 is 0 Å². The van der Waals surface area contributed by atoms with Crippen molar-refractivity contribution in [2.75, 3.05) is 0 Å². The number of nitrogens with zero attached hydrogens (tertiary/aromatic N) is 1. The molecule has 0 fully saturated rings. The van der Waals surface area contributed by atoms with Crippen LogP contribution in [0.4, 0.5) is 0 Å². The average Bonchev–Trinajstić information content (AvgIpc) is 2.28. The second kappa shape index (κ2) is 4.29. The smallest absolute Gasteiger partial charge is 0.0912 e. The normalized spacial score (nSPS) is 16.1. The van der Waals surface area contributed by atoms with Crippen molar-refractivity contribution in [2.24, 2.45) is 0 Å². The minimum Gasteiger partial charge on any atom is -0.193 e. The maximum absolute atomic E-state index is 8.26. The van der Waals surface area contributed by atoms with Gasteiger partial charge in [0.25, 0.3) is 0 Å². The Balaban J connectivity index is 2.67. The van der Waals surface area contributed by atoms with Gasteiger partial charge in [0.2, 0.25) is 0 Å². The van der Waals surface area contributed by atoms with Crippen LogP contribution >= 0.6 is 0 Å². The maximum atomic E-state index is 8.26. The van der Waals surface area contributed by atoms with E-state index in [1.54, 1.807) is 0 Å². The molecule has 0 spiro atoms. The van der Waals surface area contributed by atoms with E-state index in [2.05, 4.69) is 12.2 Å². The third-order valence-corrected chi connectivity index (χ3v) is 1.38. The van der Waals surface area contributed by atoms with Crippen LogP contribution in [0.2, 0.25) is 0 Å². The van der Waals surface area contributed by atoms with Gasteiger partial charge >= 0.3 is 0 Å². The summed E-state index contributed by atoms with van der Waals surface area (Å²) in [7, 11) is 0. The van der Waals surface area contributed by atoms with Gasteiger partial charge in [-0.3, -0.25) is 0 Å². The molecular weight excluding hydrogens is 134 g/mol. The first-order chi connectivity index (χ1) is 5.43. The summed E-state index contributed by atoms with van der Waals surface area (Å²) in [5, 5.41) is 8.26. The molecule has 1 aliphatic carbocycles. The maximum Gasteiger partial charge on any atom is 0.0912 e. The monoisotopic (exact) mass is 143 g/mol. The summed E-state index contributed by atoms with van der Waals surface area (Å²) in [6, 6.07) is 1.96. The van der Waals surface area contributed by atoms with Crippen molar-refractivity contribution in [3.05, 3.63) is 48.1 Å². The number of nitriles is 1. The largest absolute Gasteiger partial charge is 0.193 e. The first-order valence-corrected chi connectivity index (χ1v) is 3.53. The standard InChI is InChI=1S/C10H9N/c11-9-5-8-10-6-3-1-2-4-7-10/h1-3,5-8H,4H2/b8-5+. The molecule has 0 amide bonds. The lowest BCUT2D eigenvalue weighted by molar-refractivity contribution is 1.38. The molecule has 0 atom stereocenters. The molecule has 0 aliphatic heterocycles. The summed E-state index contributed by atoms with van der Waals surface area (Å²) in [5.41, 5.74) is 1.09. The summed E-state index contributed by atoms with van der Waals surface area (Å²) < 4.78 is 0. The minimum atomic E-state index is 0.943. The highest BCUT2D eigenvalue weighted by Crippen LogP contribution is 2.05. The molecule has 0 radical (unpaired) electrons. The van der Waals surface area contributed by atoms with Crippen molar-refractivity contribution >= 4 is 0 Å². The molecule has 11 heavy (non-hydrogen) atoms. The Kier molecular flexibility index (Phi) is 2.95. The van der Waals surface area contributed by atoms with Crippen LogP contribution < -0.4 is 0 Å². The first kappa shape index (κ1) is 7.56. The summed E-state index contributed by atoms with van der Waals surface area (Å²) in [4.78, 5) is 0. The number of hydrogen-bond acceptors (Lipinski definition) is 1. The fraction of sp³-hybridized carbons (Fsp3) is 0.100. The topological polar surface area (TPSA) is 23.8 Å². The third kappa shape index (κ3) is 2.68. The van der Waals surface area contributed by atoms with Gasteiger partial charge in [-0.2, -0.15) is 5.26 Å². The Bertz CT molecular complexity index is 272. The zero-order valence-corrected chi connectivity index (χ0v) is 6.20. The fourth-order valence-corrected chi connectivity index (χ4v) is 0.853. The summed E-state index contributed by atoms with van der Waals surface area (Å²) in [5.74, 6) is 0. The molecule has 1 aliphatic rings. The predicted molar refractivity (Wildman–Crippen MR) is 45.7 cm³/mol. The second-order valence-electron chi connectivity index (χ2n) is 2.19. The number of rotatable bonds is 1. The molecule has 1 nitrogen and oxygen atoms in total.